The fourth-order valence-corrected chi connectivity index (χ4v) is 2.94. The van der Waals surface area contributed by atoms with Crippen LogP contribution < -0.4 is 0 Å². The van der Waals surface area contributed by atoms with Crippen molar-refractivity contribution >= 4 is 0 Å². The number of benzene rings is 2. The Bertz CT molecular complexity index is 626. The first-order chi connectivity index (χ1) is 10.2. The van der Waals surface area contributed by atoms with E-state index in [-0.39, 0.29) is 0 Å². The van der Waals surface area contributed by atoms with Crippen molar-refractivity contribution in [3.8, 4) is 0 Å². The van der Waals surface area contributed by atoms with E-state index in [0.29, 0.717) is 0 Å². The number of aliphatic hydroxyl groups is 1. The molecule has 0 saturated carbocycles. The Morgan fingerprint density at radius 3 is 1.71 bits per heavy atom. The van der Waals surface area contributed by atoms with Crippen LogP contribution in [0.1, 0.15) is 30.9 Å². The standard InChI is InChI=1S/C20H20O/c1-16-12-14-19(15-13-16)20(21,17-8-4-2-5-9-17)18-10-6-3-7-11-18/h2-12,14,21H,13,15H2,1H3. The second-order valence-corrected chi connectivity index (χ2v) is 5.65. The van der Waals surface area contributed by atoms with Gasteiger partial charge < -0.3 is 5.11 Å². The summed E-state index contributed by atoms with van der Waals surface area (Å²) in [6.07, 6.45) is 6.10. The Hall–Kier alpha value is -2.12. The molecule has 3 rings (SSSR count). The fraction of sp³-hybridized carbons (Fsp3) is 0.200. The molecule has 0 aromatic heterocycles. The smallest absolute Gasteiger partial charge is 0.136 e. The fourth-order valence-electron chi connectivity index (χ4n) is 2.94. The van der Waals surface area contributed by atoms with Gasteiger partial charge in [-0.2, -0.15) is 0 Å². The first kappa shape index (κ1) is 13.8. The number of hydrogen-bond acceptors (Lipinski definition) is 1. The zero-order chi connectivity index (χ0) is 14.7. The van der Waals surface area contributed by atoms with Crippen molar-refractivity contribution in [2.24, 2.45) is 0 Å². The maximum atomic E-state index is 11.6. The van der Waals surface area contributed by atoms with E-state index in [0.717, 1.165) is 29.5 Å². The van der Waals surface area contributed by atoms with Gasteiger partial charge in [0.1, 0.15) is 5.60 Å². The normalized spacial score (nSPS) is 15.3. The minimum atomic E-state index is -1.04. The van der Waals surface area contributed by atoms with Crippen LogP contribution in [0.15, 0.2) is 84.0 Å². The first-order valence-corrected chi connectivity index (χ1v) is 7.41. The Morgan fingerprint density at radius 2 is 1.29 bits per heavy atom. The van der Waals surface area contributed by atoms with E-state index in [9.17, 15) is 5.11 Å². The minimum Gasteiger partial charge on any atom is -0.376 e. The average Bonchev–Trinajstić information content (AvgIpc) is 2.56. The van der Waals surface area contributed by atoms with Crippen molar-refractivity contribution in [1.29, 1.82) is 0 Å². The molecule has 0 spiro atoms. The molecule has 1 nitrogen and oxygen atoms in total. The highest BCUT2D eigenvalue weighted by molar-refractivity contribution is 5.47. The van der Waals surface area contributed by atoms with Crippen LogP contribution >= 0.6 is 0 Å². The Balaban J connectivity index is 2.17. The maximum absolute atomic E-state index is 11.6. The third-order valence-electron chi connectivity index (χ3n) is 4.21. The largest absolute Gasteiger partial charge is 0.376 e. The predicted octanol–water partition coefficient (Wildman–Crippen LogP) is 4.59. The molecule has 0 radical (unpaired) electrons. The highest BCUT2D eigenvalue weighted by atomic mass is 16.3. The van der Waals surface area contributed by atoms with E-state index in [1.54, 1.807) is 0 Å². The number of hydrogen-bond donors (Lipinski definition) is 1. The average molecular weight is 276 g/mol. The molecule has 0 heterocycles. The summed E-state index contributed by atoms with van der Waals surface area (Å²) in [4.78, 5) is 0. The van der Waals surface area contributed by atoms with Gasteiger partial charge in [-0.15, -0.1) is 0 Å². The second-order valence-electron chi connectivity index (χ2n) is 5.65. The van der Waals surface area contributed by atoms with Gasteiger partial charge in [-0.1, -0.05) is 78.4 Å². The number of rotatable bonds is 3. The predicted molar refractivity (Wildman–Crippen MR) is 87.0 cm³/mol. The third kappa shape index (κ3) is 2.57. The lowest BCUT2D eigenvalue weighted by Gasteiger charge is -2.33. The minimum absolute atomic E-state index is 0.891. The summed E-state index contributed by atoms with van der Waals surface area (Å²) < 4.78 is 0. The molecule has 1 N–H and O–H groups in total. The summed E-state index contributed by atoms with van der Waals surface area (Å²) in [6, 6.07) is 19.9. The maximum Gasteiger partial charge on any atom is 0.136 e. The quantitative estimate of drug-likeness (QED) is 0.869. The van der Waals surface area contributed by atoms with Crippen LogP contribution in [0.25, 0.3) is 0 Å². The van der Waals surface area contributed by atoms with Gasteiger partial charge in [-0.25, -0.2) is 0 Å². The van der Waals surface area contributed by atoms with Gasteiger partial charge >= 0.3 is 0 Å². The highest BCUT2D eigenvalue weighted by Gasteiger charge is 2.35. The highest BCUT2D eigenvalue weighted by Crippen LogP contribution is 2.40. The van der Waals surface area contributed by atoms with Gasteiger partial charge in [0.15, 0.2) is 0 Å². The molecule has 1 aliphatic carbocycles. The molecule has 0 aliphatic heterocycles. The first-order valence-electron chi connectivity index (χ1n) is 7.41. The van der Waals surface area contributed by atoms with E-state index in [2.05, 4.69) is 19.1 Å². The van der Waals surface area contributed by atoms with Gasteiger partial charge in [-0.05, 0) is 36.5 Å². The molecule has 2 aromatic carbocycles. The molecule has 0 bridgehead atoms. The van der Waals surface area contributed by atoms with E-state index < -0.39 is 5.60 Å². The van der Waals surface area contributed by atoms with Crippen LogP contribution in [0.3, 0.4) is 0 Å². The van der Waals surface area contributed by atoms with Crippen LogP contribution in [-0.2, 0) is 5.60 Å². The van der Waals surface area contributed by atoms with Gasteiger partial charge in [0, 0.05) is 0 Å². The van der Waals surface area contributed by atoms with Crippen LogP contribution in [0.5, 0.6) is 0 Å². The lowest BCUT2D eigenvalue weighted by Crippen LogP contribution is -2.30. The summed E-state index contributed by atoms with van der Waals surface area (Å²) in [7, 11) is 0. The summed E-state index contributed by atoms with van der Waals surface area (Å²) in [6.45, 7) is 2.14. The summed E-state index contributed by atoms with van der Waals surface area (Å²) >= 11 is 0. The molecule has 1 aliphatic rings. The number of allylic oxidation sites excluding steroid dienone is 3. The Kier molecular flexibility index (Phi) is 3.76. The lowest BCUT2D eigenvalue weighted by molar-refractivity contribution is 0.116. The molecule has 21 heavy (non-hydrogen) atoms. The molecule has 106 valence electrons. The van der Waals surface area contributed by atoms with E-state index in [4.69, 9.17) is 0 Å². The summed E-state index contributed by atoms with van der Waals surface area (Å²) in [5.41, 5.74) is 3.23. The molecule has 0 amide bonds. The van der Waals surface area contributed by atoms with Crippen molar-refractivity contribution < 1.29 is 5.11 Å². The van der Waals surface area contributed by atoms with Gasteiger partial charge in [-0.3, -0.25) is 0 Å². The SMILES string of the molecule is CC1=CC=C(C(O)(c2ccccc2)c2ccccc2)CC1. The van der Waals surface area contributed by atoms with Crippen LogP contribution in [0.4, 0.5) is 0 Å². The summed E-state index contributed by atoms with van der Waals surface area (Å²) in [5.74, 6) is 0. The van der Waals surface area contributed by atoms with E-state index in [1.807, 2.05) is 60.7 Å². The van der Waals surface area contributed by atoms with Crippen molar-refractivity contribution in [3.05, 3.63) is 95.1 Å². The Morgan fingerprint density at radius 1 is 0.762 bits per heavy atom. The van der Waals surface area contributed by atoms with Crippen molar-refractivity contribution in [2.45, 2.75) is 25.4 Å². The van der Waals surface area contributed by atoms with Gasteiger partial charge in [0.25, 0.3) is 0 Å². The second kappa shape index (κ2) is 5.71. The van der Waals surface area contributed by atoms with Crippen molar-refractivity contribution in [2.75, 3.05) is 0 Å². The van der Waals surface area contributed by atoms with Crippen LogP contribution in [0, 0.1) is 0 Å². The topological polar surface area (TPSA) is 20.2 Å². The van der Waals surface area contributed by atoms with E-state index >= 15 is 0 Å². The molecule has 0 saturated heterocycles. The molecular formula is C20H20O. The molecule has 0 fully saturated rings. The molecule has 0 atom stereocenters. The molecule has 2 aromatic rings. The third-order valence-corrected chi connectivity index (χ3v) is 4.21. The zero-order valence-electron chi connectivity index (χ0n) is 12.3. The monoisotopic (exact) mass is 276 g/mol. The Labute approximate surface area is 126 Å². The zero-order valence-corrected chi connectivity index (χ0v) is 12.3. The van der Waals surface area contributed by atoms with Crippen LogP contribution in [-0.4, -0.2) is 5.11 Å². The lowest BCUT2D eigenvalue weighted by atomic mass is 9.76. The summed E-state index contributed by atoms with van der Waals surface area (Å²) in [5, 5.41) is 11.6. The van der Waals surface area contributed by atoms with Crippen LogP contribution in [0.2, 0.25) is 0 Å². The van der Waals surface area contributed by atoms with Crippen molar-refractivity contribution in [3.63, 3.8) is 0 Å². The van der Waals surface area contributed by atoms with Gasteiger partial charge in [0.2, 0.25) is 0 Å². The molecule has 0 unspecified atom stereocenters. The van der Waals surface area contributed by atoms with Gasteiger partial charge in [0.05, 0.1) is 0 Å². The van der Waals surface area contributed by atoms with E-state index in [1.165, 1.54) is 5.57 Å². The molecular weight excluding hydrogens is 256 g/mol. The van der Waals surface area contributed by atoms with Crippen molar-refractivity contribution in [1.82, 2.24) is 0 Å². The molecule has 1 heteroatoms.